The summed E-state index contributed by atoms with van der Waals surface area (Å²) in [5, 5.41) is 10.8. The molecule has 0 saturated carbocycles. The van der Waals surface area contributed by atoms with E-state index in [0.29, 0.717) is 0 Å². The van der Waals surface area contributed by atoms with Gasteiger partial charge < -0.3 is 8.83 Å². The minimum Gasteiger partial charge on any atom is -0.423 e. The van der Waals surface area contributed by atoms with Gasteiger partial charge in [-0.25, -0.2) is 87.8 Å². The topological polar surface area (TPSA) is 26.3 Å². The first-order valence-corrected chi connectivity index (χ1v) is 30.0. The van der Waals surface area contributed by atoms with Crippen LogP contribution in [0.5, 0.6) is 0 Å². The van der Waals surface area contributed by atoms with Crippen molar-refractivity contribution >= 4 is 71.1 Å². The van der Waals surface area contributed by atoms with Crippen LogP contribution in [-0.4, -0.2) is 6.15 Å². The molecule has 0 unspecified atom stereocenters. The summed E-state index contributed by atoms with van der Waals surface area (Å²) in [4.78, 5) is 0. The number of halogens is 21. The highest BCUT2D eigenvalue weighted by Gasteiger charge is 2.52. The Morgan fingerprint density at radius 3 is 0.717 bits per heavy atom. The van der Waals surface area contributed by atoms with E-state index in [4.69, 9.17) is 8.83 Å². The molecule has 24 heteroatoms. The number of rotatable bonds is 16. The van der Waals surface area contributed by atoms with Crippen LogP contribution in [0.2, 0.25) is 0 Å². The van der Waals surface area contributed by atoms with Crippen LogP contribution in [0.25, 0.3) is 43.1 Å². The van der Waals surface area contributed by atoms with Crippen LogP contribution in [0.15, 0.2) is 142 Å². The predicted octanol–water partition coefficient (Wildman–Crippen LogP) is 14.6. The fourth-order valence-electron chi connectivity index (χ4n) is 12.0. The van der Waals surface area contributed by atoms with E-state index in [9.17, 15) is 52.7 Å². The van der Waals surface area contributed by atoms with Crippen LogP contribution >= 0.6 is 0 Å². The van der Waals surface area contributed by atoms with Crippen LogP contribution in [0.1, 0.15) is 48.3 Å². The van der Waals surface area contributed by atoms with E-state index in [0.717, 1.165) is 70.4 Å². The number of unbranched alkanes of at least 4 members (excludes halogenated alkanes) is 2. The molecule has 12 rings (SSSR count). The molecule has 12 aromatic rings. The Morgan fingerprint density at radius 2 is 0.467 bits per heavy atom. The molecule has 0 aliphatic rings. The highest BCUT2D eigenvalue weighted by molar-refractivity contribution is 7.20. The Labute approximate surface area is 517 Å². The second kappa shape index (κ2) is 26.1. The molecule has 0 saturated heterocycles. The van der Waals surface area contributed by atoms with Crippen molar-refractivity contribution in [2.45, 2.75) is 51.4 Å². The fourth-order valence-corrected chi connectivity index (χ4v) is 14.0. The van der Waals surface area contributed by atoms with Crippen LogP contribution < -0.4 is 43.1 Å². The Kier molecular flexibility index (Phi) is 18.3. The molecule has 0 fully saturated rings. The lowest BCUT2D eigenvalue weighted by Crippen LogP contribution is -3.61. The Hall–Kier alpha value is -8.81. The summed E-state index contributed by atoms with van der Waals surface area (Å²) in [7, 11) is 0. The minimum absolute atomic E-state index is 0.457. The van der Waals surface area contributed by atoms with E-state index in [-0.39, 0.29) is 0 Å². The molecule has 2 heterocycles. The number of hydrogen-bond acceptors (Lipinski definition) is 2. The molecule has 0 N–H and O–H groups in total. The van der Waals surface area contributed by atoms with E-state index in [1.165, 1.54) is 54.2 Å². The monoisotopic (exact) mass is 1400 g/mol. The maximum Gasteiger partial charge on any atom is 0.442 e. The van der Waals surface area contributed by atoms with Gasteiger partial charge in [-0.05, 0) is 117 Å². The van der Waals surface area contributed by atoms with Gasteiger partial charge in [0.05, 0.1) is 0 Å². The van der Waals surface area contributed by atoms with Crippen molar-refractivity contribution in [1.82, 2.24) is 0 Å². The quantitative estimate of drug-likeness (QED) is 0.0183. The maximum atomic E-state index is 15.4. The molecule has 472 valence electrons. The van der Waals surface area contributed by atoms with Crippen molar-refractivity contribution < 1.29 is 118 Å². The van der Waals surface area contributed by atoms with Crippen molar-refractivity contribution in [3.8, 4) is 0 Å². The zero-order chi connectivity index (χ0) is 65.8. The molecule has 92 heavy (non-hydrogen) atoms. The SMILES string of the molecule is Fc1c(F)c(F)c([B-](c2c(F)c(F)c(F)c(F)c2F)(c2c(F)c(F)c(F)c(F)c2F)c2c(F)c(F)c(F)c(F)c2F)c(F)c1F.c1ccc2c(CCCCc3ccc([I+]c4ccc(CCCCc5c6ccccc6cc6ccccc56)o4)o3)c3ccccc3cc2c1. The molecule has 0 bridgehead atoms. The molecule has 0 aliphatic carbocycles. The minimum atomic E-state index is -7.22. The van der Waals surface area contributed by atoms with Crippen LogP contribution in [0.3, 0.4) is 0 Å². The number of furan rings is 2. The molecule has 0 spiro atoms. The lowest BCUT2D eigenvalue weighted by molar-refractivity contribution is -0.636. The lowest BCUT2D eigenvalue weighted by atomic mass is 9.12. The second-order valence-corrected chi connectivity index (χ2v) is 24.0. The van der Waals surface area contributed by atoms with Crippen LogP contribution in [0, 0.1) is 124 Å². The van der Waals surface area contributed by atoms with Gasteiger partial charge in [0.25, 0.3) is 0 Å². The number of hydrogen-bond donors (Lipinski definition) is 0. The van der Waals surface area contributed by atoms with Crippen LogP contribution in [0.4, 0.5) is 87.8 Å². The van der Waals surface area contributed by atoms with Crippen molar-refractivity contribution in [1.29, 1.82) is 0 Å². The Morgan fingerprint density at radius 1 is 0.250 bits per heavy atom. The average Bonchev–Trinajstić information content (AvgIpc) is 0.720. The van der Waals surface area contributed by atoms with E-state index in [1.54, 1.807) is 0 Å². The average molecular weight is 1400 g/mol. The summed E-state index contributed by atoms with van der Waals surface area (Å²) in [5.74, 6) is -69.2. The van der Waals surface area contributed by atoms with Crippen molar-refractivity contribution in [3.63, 3.8) is 0 Å². The second-order valence-electron chi connectivity index (χ2n) is 21.3. The highest BCUT2D eigenvalue weighted by atomic mass is 127. The summed E-state index contributed by atoms with van der Waals surface area (Å²) < 4.78 is 309. The molecule has 0 radical (unpaired) electrons. The molecule has 2 nitrogen and oxygen atoms in total. The largest absolute Gasteiger partial charge is 0.442 e. The van der Waals surface area contributed by atoms with Gasteiger partial charge in [-0.15, -0.1) is 21.9 Å². The molecule has 0 atom stereocenters. The van der Waals surface area contributed by atoms with Gasteiger partial charge in [-0.2, -0.15) is 0 Å². The first-order chi connectivity index (χ1) is 44.0. The van der Waals surface area contributed by atoms with Gasteiger partial charge in [0.2, 0.25) is 0 Å². The van der Waals surface area contributed by atoms with E-state index in [1.807, 2.05) is 0 Å². The third-order valence-corrected chi connectivity index (χ3v) is 18.3. The standard InChI is InChI=1S/C44H38IO2.C24BF20/c1-7-19-37-31(13-1)29-32-14-2-8-20-38(32)41(37)23-11-5-17-35-25-27-43(46-35)45-44-28-26-36(47-44)18-6-12-24-42-39-21-9-3-15-33(39)30-34-16-4-10-22-40(34)42;26-5-1(6(27)14(35)21(42)13(5)34)25(2-7(28)15(36)22(43)16(37)8(2)29,3-9(30)17(38)23(44)18(39)10(3)31)4-11(32)19(40)24(45)20(41)12(4)33/h1-4,7-10,13-16,19-22,25-30H,5-6,11-12,17-18,23-24H2;/q+1;-1. The molecule has 0 amide bonds. The summed E-state index contributed by atoms with van der Waals surface area (Å²) in [6, 6.07) is 48.5. The number of benzene rings is 10. The Bertz CT molecular complexity index is 4240. The molecule has 0 aliphatic heterocycles. The zero-order valence-corrected chi connectivity index (χ0v) is 48.8. The fraction of sp³-hybridized carbons (Fsp3) is 0.118. The molecule has 10 aromatic carbocycles. The number of aryl methyl sites for hydroxylation is 4. The first kappa shape index (κ1) is 64.7. The van der Waals surface area contributed by atoms with Gasteiger partial charge in [-0.1, -0.05) is 97.1 Å². The Balaban J connectivity index is 0.000000189. The lowest BCUT2D eigenvalue weighted by Gasteiger charge is -2.44. The third-order valence-electron chi connectivity index (χ3n) is 16.1. The normalized spacial score (nSPS) is 11.9. The van der Waals surface area contributed by atoms with E-state index < -0.39 is 166 Å². The van der Waals surface area contributed by atoms with Crippen molar-refractivity contribution in [3.05, 3.63) is 280 Å². The van der Waals surface area contributed by atoms with Crippen LogP contribution in [-0.2, 0) is 25.7 Å². The number of fused-ring (bicyclic) bond motifs is 4. The van der Waals surface area contributed by atoms with Gasteiger partial charge in [-0.3, -0.25) is 0 Å². The van der Waals surface area contributed by atoms with Gasteiger partial charge in [0.1, 0.15) is 64.2 Å². The van der Waals surface area contributed by atoms with Gasteiger partial charge in [0, 0.05) is 25.0 Å². The summed E-state index contributed by atoms with van der Waals surface area (Å²) in [5.41, 5.74) is -11.4. The maximum absolute atomic E-state index is 15.4. The van der Waals surface area contributed by atoms with Gasteiger partial charge in [0.15, 0.2) is 69.8 Å². The molecule has 2 aromatic heterocycles. The summed E-state index contributed by atoms with van der Waals surface area (Å²) in [6.45, 7) is 0. The predicted molar refractivity (Wildman–Crippen MR) is 300 cm³/mol. The third kappa shape index (κ3) is 11.3. The molecular weight excluding hydrogens is 1370 g/mol. The summed E-state index contributed by atoms with van der Waals surface area (Å²) in [6.07, 6.45) is 1.40. The van der Waals surface area contributed by atoms with E-state index >= 15 is 35.1 Å². The first-order valence-electron chi connectivity index (χ1n) is 27.8. The van der Waals surface area contributed by atoms with Crippen molar-refractivity contribution in [2.75, 3.05) is 0 Å². The van der Waals surface area contributed by atoms with Crippen molar-refractivity contribution in [2.24, 2.45) is 0 Å². The molecular formula is C68H38BF20IO2. The van der Waals surface area contributed by atoms with E-state index in [2.05, 4.69) is 133 Å². The van der Waals surface area contributed by atoms with Gasteiger partial charge >= 0.3 is 28.7 Å². The summed E-state index contributed by atoms with van der Waals surface area (Å²) >= 11 is -0.457. The zero-order valence-electron chi connectivity index (χ0n) is 46.7. The smallest absolute Gasteiger partial charge is 0.423 e. The highest BCUT2D eigenvalue weighted by Crippen LogP contribution is 2.34.